The Morgan fingerprint density at radius 2 is 1.63 bits per heavy atom. The van der Waals surface area contributed by atoms with Gasteiger partial charge in [-0.25, -0.2) is 0 Å². The van der Waals surface area contributed by atoms with Crippen LogP contribution in [0.4, 0.5) is 0 Å². The Morgan fingerprint density at radius 1 is 1.00 bits per heavy atom. The van der Waals surface area contributed by atoms with Gasteiger partial charge < -0.3 is 4.43 Å². The molecule has 1 aliphatic rings. The van der Waals surface area contributed by atoms with E-state index < -0.39 is 8.32 Å². The molecule has 0 saturated heterocycles. The normalized spacial score (nSPS) is 17.7. The average molecular weight is 393 g/mol. The SMILES string of the molecule is C/C=C(\C1=CCCCC1)C(CCCCCC)O[Si](C(C)C)(C(C)C)C(C)C. The zero-order valence-electron chi connectivity index (χ0n) is 19.7. The summed E-state index contributed by atoms with van der Waals surface area (Å²) in [7, 11) is -1.87. The molecule has 158 valence electrons. The van der Waals surface area contributed by atoms with Crippen LogP contribution in [0.2, 0.25) is 16.6 Å². The van der Waals surface area contributed by atoms with Crippen molar-refractivity contribution in [1.82, 2.24) is 0 Å². The van der Waals surface area contributed by atoms with Crippen LogP contribution in [0.25, 0.3) is 0 Å². The second kappa shape index (κ2) is 12.3. The van der Waals surface area contributed by atoms with Crippen LogP contribution in [0.5, 0.6) is 0 Å². The molecular formula is C25H48OSi. The third-order valence-electron chi connectivity index (χ3n) is 6.69. The Bertz CT molecular complexity index is 451. The number of hydrogen-bond acceptors (Lipinski definition) is 1. The molecule has 1 aliphatic carbocycles. The van der Waals surface area contributed by atoms with E-state index in [9.17, 15) is 0 Å². The van der Waals surface area contributed by atoms with Gasteiger partial charge in [-0.05, 0) is 66.8 Å². The van der Waals surface area contributed by atoms with Gasteiger partial charge in [0.25, 0.3) is 0 Å². The zero-order valence-corrected chi connectivity index (χ0v) is 20.7. The summed E-state index contributed by atoms with van der Waals surface area (Å²) in [4.78, 5) is 0. The fourth-order valence-electron chi connectivity index (χ4n) is 5.37. The van der Waals surface area contributed by atoms with E-state index in [1.54, 1.807) is 5.57 Å². The molecule has 0 amide bonds. The predicted octanol–water partition coefficient (Wildman–Crippen LogP) is 8.96. The van der Waals surface area contributed by atoms with E-state index >= 15 is 0 Å². The van der Waals surface area contributed by atoms with E-state index in [1.165, 1.54) is 63.4 Å². The summed E-state index contributed by atoms with van der Waals surface area (Å²) in [6, 6.07) is 0. The molecule has 1 rings (SSSR count). The van der Waals surface area contributed by atoms with Crippen molar-refractivity contribution in [3.8, 4) is 0 Å². The second-order valence-corrected chi connectivity index (χ2v) is 14.9. The molecule has 1 nitrogen and oxygen atoms in total. The minimum Gasteiger partial charge on any atom is -0.409 e. The van der Waals surface area contributed by atoms with Gasteiger partial charge in [-0.15, -0.1) is 0 Å². The molecular weight excluding hydrogens is 344 g/mol. The van der Waals surface area contributed by atoms with E-state index in [4.69, 9.17) is 4.43 Å². The largest absolute Gasteiger partial charge is 0.409 e. The van der Waals surface area contributed by atoms with Crippen molar-refractivity contribution < 1.29 is 4.43 Å². The van der Waals surface area contributed by atoms with Crippen LogP contribution in [-0.2, 0) is 4.43 Å². The first-order valence-corrected chi connectivity index (χ1v) is 14.0. The highest BCUT2D eigenvalue weighted by atomic mass is 28.4. The molecule has 0 aromatic rings. The average Bonchev–Trinajstić information content (AvgIpc) is 2.63. The number of unbranched alkanes of at least 4 members (excludes halogenated alkanes) is 3. The maximum atomic E-state index is 7.34. The smallest absolute Gasteiger partial charge is 0.201 e. The lowest BCUT2D eigenvalue weighted by Gasteiger charge is -2.45. The van der Waals surface area contributed by atoms with Crippen LogP contribution < -0.4 is 0 Å². The van der Waals surface area contributed by atoms with Crippen molar-refractivity contribution in [1.29, 1.82) is 0 Å². The first-order valence-electron chi connectivity index (χ1n) is 11.8. The summed E-state index contributed by atoms with van der Waals surface area (Å²) in [6.45, 7) is 19.0. The van der Waals surface area contributed by atoms with Crippen LogP contribution >= 0.6 is 0 Å². The Hall–Kier alpha value is -0.343. The summed E-state index contributed by atoms with van der Waals surface area (Å²) in [5.41, 5.74) is 5.05. The van der Waals surface area contributed by atoms with Gasteiger partial charge in [-0.2, -0.15) is 0 Å². The number of hydrogen-bond donors (Lipinski definition) is 0. The van der Waals surface area contributed by atoms with Crippen molar-refractivity contribution in [3.05, 3.63) is 23.3 Å². The standard InChI is InChI=1S/C25H48OSi/c1-9-11-12-16-19-25(24(10-2)23-17-14-13-15-18-23)26-27(20(3)4,21(5)6)22(7)8/h10,17,20-22,25H,9,11-16,18-19H2,1-8H3/b24-10+. The molecule has 0 saturated carbocycles. The first-order chi connectivity index (χ1) is 12.8. The van der Waals surface area contributed by atoms with Gasteiger partial charge in [-0.1, -0.05) is 86.3 Å². The van der Waals surface area contributed by atoms with E-state index in [1.807, 2.05) is 0 Å². The quantitative estimate of drug-likeness (QED) is 0.238. The van der Waals surface area contributed by atoms with Gasteiger partial charge >= 0.3 is 0 Å². The van der Waals surface area contributed by atoms with Gasteiger partial charge in [0.1, 0.15) is 0 Å². The van der Waals surface area contributed by atoms with Gasteiger partial charge in [0.05, 0.1) is 6.10 Å². The second-order valence-electron chi connectivity index (χ2n) is 9.49. The minimum atomic E-state index is -1.87. The van der Waals surface area contributed by atoms with Crippen molar-refractivity contribution in [2.24, 2.45) is 0 Å². The Morgan fingerprint density at radius 3 is 2.07 bits per heavy atom. The van der Waals surface area contributed by atoms with E-state index in [-0.39, 0.29) is 0 Å². The lowest BCUT2D eigenvalue weighted by Crippen LogP contribution is -2.50. The van der Waals surface area contributed by atoms with Crippen LogP contribution in [-0.4, -0.2) is 14.4 Å². The van der Waals surface area contributed by atoms with Crippen LogP contribution in [0, 0.1) is 0 Å². The summed E-state index contributed by atoms with van der Waals surface area (Å²) in [5, 5.41) is 0. The summed E-state index contributed by atoms with van der Waals surface area (Å²) in [6.07, 6.45) is 16.8. The molecule has 0 aromatic carbocycles. The fourth-order valence-corrected chi connectivity index (χ4v) is 10.9. The Balaban J connectivity index is 3.16. The van der Waals surface area contributed by atoms with E-state index in [0.717, 1.165) is 0 Å². The van der Waals surface area contributed by atoms with E-state index in [0.29, 0.717) is 22.7 Å². The summed E-state index contributed by atoms with van der Waals surface area (Å²) in [5.74, 6) is 0. The van der Waals surface area contributed by atoms with Crippen molar-refractivity contribution in [3.63, 3.8) is 0 Å². The highest BCUT2D eigenvalue weighted by Gasteiger charge is 2.47. The number of allylic oxidation sites excluding steroid dienone is 2. The lowest BCUT2D eigenvalue weighted by molar-refractivity contribution is 0.193. The maximum absolute atomic E-state index is 7.34. The van der Waals surface area contributed by atoms with Crippen LogP contribution in [0.1, 0.15) is 113 Å². The molecule has 0 heterocycles. The Labute approximate surface area is 172 Å². The molecule has 2 heteroatoms. The highest BCUT2D eigenvalue weighted by Crippen LogP contribution is 2.45. The summed E-state index contributed by atoms with van der Waals surface area (Å²) >= 11 is 0. The molecule has 0 aromatic heterocycles. The molecule has 0 spiro atoms. The van der Waals surface area contributed by atoms with Crippen LogP contribution in [0.3, 0.4) is 0 Å². The molecule has 27 heavy (non-hydrogen) atoms. The van der Waals surface area contributed by atoms with Gasteiger partial charge in [0.2, 0.25) is 8.32 Å². The third-order valence-corrected chi connectivity index (χ3v) is 12.8. The molecule has 0 radical (unpaired) electrons. The number of rotatable bonds is 12. The van der Waals surface area contributed by atoms with Crippen molar-refractivity contribution in [2.45, 2.75) is 136 Å². The minimum absolute atomic E-state index is 0.301. The third kappa shape index (κ3) is 6.60. The topological polar surface area (TPSA) is 9.23 Å². The van der Waals surface area contributed by atoms with Gasteiger partial charge in [0, 0.05) is 0 Å². The highest BCUT2D eigenvalue weighted by molar-refractivity contribution is 6.77. The molecule has 0 N–H and O–H groups in total. The van der Waals surface area contributed by atoms with Crippen molar-refractivity contribution >= 4 is 8.32 Å². The first kappa shape index (κ1) is 24.7. The maximum Gasteiger partial charge on any atom is 0.201 e. The monoisotopic (exact) mass is 392 g/mol. The predicted molar refractivity (Wildman–Crippen MR) is 125 cm³/mol. The van der Waals surface area contributed by atoms with Gasteiger partial charge in [0.15, 0.2) is 0 Å². The lowest BCUT2D eigenvalue weighted by atomic mass is 9.89. The molecule has 1 unspecified atom stereocenters. The molecule has 0 aliphatic heterocycles. The molecule has 0 bridgehead atoms. The van der Waals surface area contributed by atoms with Gasteiger partial charge in [-0.3, -0.25) is 0 Å². The fraction of sp³-hybridized carbons (Fsp3) is 0.840. The van der Waals surface area contributed by atoms with E-state index in [2.05, 4.69) is 67.5 Å². The Kier molecular flexibility index (Phi) is 11.2. The molecule has 1 atom stereocenters. The summed E-state index contributed by atoms with van der Waals surface area (Å²) < 4.78 is 7.34. The zero-order chi connectivity index (χ0) is 20.4. The van der Waals surface area contributed by atoms with Crippen molar-refractivity contribution in [2.75, 3.05) is 0 Å². The molecule has 0 fully saturated rings. The van der Waals surface area contributed by atoms with Crippen LogP contribution in [0.15, 0.2) is 23.3 Å².